The van der Waals surface area contributed by atoms with Gasteiger partial charge in [-0.05, 0) is 91.3 Å². The molecule has 0 N–H and O–H groups in total. The highest BCUT2D eigenvalue weighted by molar-refractivity contribution is 5.79. The SMILES string of the molecule is CCC[C@@H](C)[C@H]1CC[C@H]2[C@@H]3CC[C@@H]4CC(=O)CC[C@]4(C)[C@H]3CC[C@]12C. The van der Waals surface area contributed by atoms with Gasteiger partial charge in [-0.2, -0.15) is 0 Å². The lowest BCUT2D eigenvalue weighted by Gasteiger charge is -2.60. The summed E-state index contributed by atoms with van der Waals surface area (Å²) in [7, 11) is 0. The summed E-state index contributed by atoms with van der Waals surface area (Å²) in [4.78, 5) is 12.0. The molecule has 1 nitrogen and oxygen atoms in total. The number of carbonyl (C=O) groups is 1. The van der Waals surface area contributed by atoms with Crippen LogP contribution in [0.1, 0.15) is 98.3 Å². The molecule has 0 aromatic carbocycles. The Bertz CT molecular complexity index is 524. The van der Waals surface area contributed by atoms with Gasteiger partial charge in [0.1, 0.15) is 5.78 Å². The van der Waals surface area contributed by atoms with Crippen LogP contribution in [-0.2, 0) is 4.79 Å². The molecular weight excluding hydrogens is 304 g/mol. The van der Waals surface area contributed by atoms with E-state index in [-0.39, 0.29) is 0 Å². The molecule has 4 aliphatic carbocycles. The largest absolute Gasteiger partial charge is 0.300 e. The molecule has 4 saturated carbocycles. The highest BCUT2D eigenvalue weighted by Gasteiger charge is 2.60. The Balaban J connectivity index is 1.57. The summed E-state index contributed by atoms with van der Waals surface area (Å²) in [6.45, 7) is 10.2. The fourth-order valence-corrected chi connectivity index (χ4v) is 8.68. The van der Waals surface area contributed by atoms with Crippen LogP contribution in [0.4, 0.5) is 0 Å². The molecule has 0 heterocycles. The highest BCUT2D eigenvalue weighted by Crippen LogP contribution is 2.68. The molecule has 0 unspecified atom stereocenters. The zero-order valence-electron chi connectivity index (χ0n) is 17.2. The molecule has 4 fully saturated rings. The third kappa shape index (κ3) is 2.66. The molecule has 0 bridgehead atoms. The molecule has 4 rings (SSSR count). The van der Waals surface area contributed by atoms with Crippen LogP contribution in [0, 0.1) is 46.3 Å². The molecule has 0 aromatic heterocycles. The van der Waals surface area contributed by atoms with E-state index in [2.05, 4.69) is 27.7 Å². The average Bonchev–Trinajstić information content (AvgIpc) is 2.93. The standard InChI is InChI=1S/C24H40O/c1-5-6-16(2)20-9-10-21-19-8-7-17-15-18(25)11-13-23(17,3)22(19)12-14-24(20,21)4/h16-17,19-22H,5-15H2,1-4H3/t16-,17-,19+,20-,21+,22+,23+,24-/m1/s1. The number of hydrogen-bond donors (Lipinski definition) is 0. The quantitative estimate of drug-likeness (QED) is 0.560. The molecular formula is C24H40O. The number of hydrogen-bond acceptors (Lipinski definition) is 1. The number of ketones is 1. The van der Waals surface area contributed by atoms with Crippen molar-refractivity contribution in [1.82, 2.24) is 0 Å². The van der Waals surface area contributed by atoms with Crippen LogP contribution in [0.5, 0.6) is 0 Å². The van der Waals surface area contributed by atoms with Gasteiger partial charge in [0.2, 0.25) is 0 Å². The Morgan fingerprint density at radius 2 is 1.76 bits per heavy atom. The van der Waals surface area contributed by atoms with Gasteiger partial charge in [0.25, 0.3) is 0 Å². The molecule has 0 radical (unpaired) electrons. The molecule has 0 aromatic rings. The summed E-state index contributed by atoms with van der Waals surface area (Å²) < 4.78 is 0. The van der Waals surface area contributed by atoms with Gasteiger partial charge in [0.05, 0.1) is 0 Å². The topological polar surface area (TPSA) is 17.1 Å². The predicted octanol–water partition coefficient (Wildman–Crippen LogP) is 6.65. The molecule has 0 saturated heterocycles. The normalized spacial score (nSPS) is 50.7. The third-order valence-corrected chi connectivity index (χ3v) is 9.99. The maximum Gasteiger partial charge on any atom is 0.133 e. The molecule has 1 heteroatoms. The van der Waals surface area contributed by atoms with Crippen molar-refractivity contribution in [2.45, 2.75) is 98.3 Å². The minimum atomic E-state index is 0.477. The summed E-state index contributed by atoms with van der Waals surface area (Å²) >= 11 is 0. The lowest BCUT2D eigenvalue weighted by atomic mass is 9.44. The molecule has 8 atom stereocenters. The van der Waals surface area contributed by atoms with Gasteiger partial charge >= 0.3 is 0 Å². The predicted molar refractivity (Wildman–Crippen MR) is 104 cm³/mol. The number of fused-ring (bicyclic) bond motifs is 5. The third-order valence-electron chi connectivity index (χ3n) is 9.99. The summed E-state index contributed by atoms with van der Waals surface area (Å²) in [5.41, 5.74) is 1.09. The van der Waals surface area contributed by atoms with Crippen LogP contribution in [-0.4, -0.2) is 5.78 Å². The van der Waals surface area contributed by atoms with Crippen LogP contribution in [0.3, 0.4) is 0 Å². The molecule has 142 valence electrons. The highest BCUT2D eigenvalue weighted by atomic mass is 16.1. The molecule has 25 heavy (non-hydrogen) atoms. The first-order valence-corrected chi connectivity index (χ1v) is 11.4. The number of rotatable bonds is 3. The Hall–Kier alpha value is -0.330. The van der Waals surface area contributed by atoms with E-state index < -0.39 is 0 Å². The van der Waals surface area contributed by atoms with E-state index >= 15 is 0 Å². The van der Waals surface area contributed by atoms with Crippen molar-refractivity contribution in [2.75, 3.05) is 0 Å². The van der Waals surface area contributed by atoms with Crippen LogP contribution in [0.15, 0.2) is 0 Å². The van der Waals surface area contributed by atoms with Gasteiger partial charge in [0, 0.05) is 12.8 Å². The molecule has 0 aliphatic heterocycles. The van der Waals surface area contributed by atoms with Gasteiger partial charge in [-0.1, -0.05) is 40.5 Å². The van der Waals surface area contributed by atoms with Gasteiger partial charge in [-0.15, -0.1) is 0 Å². The van der Waals surface area contributed by atoms with E-state index in [1.54, 1.807) is 0 Å². The zero-order chi connectivity index (χ0) is 17.8. The Kier molecular flexibility index (Phi) is 4.61. The van der Waals surface area contributed by atoms with E-state index in [0.717, 1.165) is 42.4 Å². The smallest absolute Gasteiger partial charge is 0.133 e. The van der Waals surface area contributed by atoms with Crippen molar-refractivity contribution in [3.63, 3.8) is 0 Å². The Morgan fingerprint density at radius 3 is 2.52 bits per heavy atom. The van der Waals surface area contributed by atoms with Crippen molar-refractivity contribution < 1.29 is 4.79 Å². The van der Waals surface area contributed by atoms with Gasteiger partial charge in [0.15, 0.2) is 0 Å². The minimum Gasteiger partial charge on any atom is -0.300 e. The second-order valence-electron chi connectivity index (χ2n) is 10.9. The van der Waals surface area contributed by atoms with E-state index in [1.807, 2.05) is 0 Å². The summed E-state index contributed by atoms with van der Waals surface area (Å²) in [5.74, 6) is 6.00. The maximum atomic E-state index is 12.0. The Labute approximate surface area is 155 Å². The van der Waals surface area contributed by atoms with E-state index in [4.69, 9.17) is 0 Å². The summed E-state index contributed by atoms with van der Waals surface area (Å²) in [6, 6.07) is 0. The van der Waals surface area contributed by atoms with E-state index in [0.29, 0.717) is 22.5 Å². The van der Waals surface area contributed by atoms with Gasteiger partial charge in [-0.25, -0.2) is 0 Å². The van der Waals surface area contributed by atoms with Crippen LogP contribution in [0.25, 0.3) is 0 Å². The van der Waals surface area contributed by atoms with E-state index in [9.17, 15) is 4.79 Å². The number of Topliss-reactive ketones (excluding diaryl/α,β-unsaturated/α-hetero) is 1. The van der Waals surface area contributed by atoms with Crippen LogP contribution in [0.2, 0.25) is 0 Å². The maximum absolute atomic E-state index is 12.0. The first-order chi connectivity index (χ1) is 11.9. The minimum absolute atomic E-state index is 0.477. The first-order valence-electron chi connectivity index (χ1n) is 11.4. The lowest BCUT2D eigenvalue weighted by molar-refractivity contribution is -0.140. The van der Waals surface area contributed by atoms with Crippen molar-refractivity contribution >= 4 is 5.78 Å². The Morgan fingerprint density at radius 1 is 1.00 bits per heavy atom. The van der Waals surface area contributed by atoms with Crippen LogP contribution < -0.4 is 0 Å². The van der Waals surface area contributed by atoms with Crippen molar-refractivity contribution in [3.05, 3.63) is 0 Å². The summed E-state index contributed by atoms with van der Waals surface area (Å²) in [5, 5.41) is 0. The fourth-order valence-electron chi connectivity index (χ4n) is 8.68. The van der Waals surface area contributed by atoms with E-state index in [1.165, 1.54) is 57.8 Å². The molecule has 0 amide bonds. The van der Waals surface area contributed by atoms with Gasteiger partial charge < -0.3 is 0 Å². The first kappa shape index (κ1) is 18.1. The molecule has 4 aliphatic rings. The van der Waals surface area contributed by atoms with Gasteiger partial charge in [-0.3, -0.25) is 4.79 Å². The summed E-state index contributed by atoms with van der Waals surface area (Å²) in [6.07, 6.45) is 14.4. The average molecular weight is 345 g/mol. The second-order valence-corrected chi connectivity index (χ2v) is 10.9. The fraction of sp³-hybridized carbons (Fsp3) is 0.958. The van der Waals surface area contributed by atoms with Crippen molar-refractivity contribution in [1.29, 1.82) is 0 Å². The van der Waals surface area contributed by atoms with Crippen LogP contribution >= 0.6 is 0 Å². The van der Waals surface area contributed by atoms with Crippen molar-refractivity contribution in [3.8, 4) is 0 Å². The van der Waals surface area contributed by atoms with Crippen molar-refractivity contribution in [2.24, 2.45) is 46.3 Å². The number of carbonyl (C=O) groups excluding carboxylic acids is 1. The monoisotopic (exact) mass is 344 g/mol. The second kappa shape index (κ2) is 6.38. The zero-order valence-corrected chi connectivity index (χ0v) is 17.2. The lowest BCUT2D eigenvalue weighted by Crippen LogP contribution is -2.53. The molecule has 0 spiro atoms.